The largest absolute Gasteiger partial charge is 0.337 e. The number of nitrogens with zero attached hydrogens (tertiary/aromatic N) is 3. The van der Waals surface area contributed by atoms with Gasteiger partial charge in [-0.25, -0.2) is 0 Å². The Kier molecular flexibility index (Phi) is 3.19. The quantitative estimate of drug-likeness (QED) is 0.851. The molecule has 0 radical (unpaired) electrons. The normalized spacial score (nSPS) is 11.4. The number of aromatic nitrogens is 4. The summed E-state index contributed by atoms with van der Waals surface area (Å²) in [5, 5.41) is 4.26. The molecule has 2 aromatic rings. The van der Waals surface area contributed by atoms with E-state index in [-0.39, 0.29) is 0 Å². The molecule has 0 saturated carbocycles. The molecule has 17 heavy (non-hydrogen) atoms. The summed E-state index contributed by atoms with van der Waals surface area (Å²) in [7, 11) is 1.96. The Hall–Kier alpha value is -1.36. The van der Waals surface area contributed by atoms with Crippen molar-refractivity contribution in [3.05, 3.63) is 34.1 Å². The van der Waals surface area contributed by atoms with Crippen molar-refractivity contribution < 1.29 is 0 Å². The standard InChI is InChI=1S/C12H18N4S/c1-8(2)11-6-13-12(17)16(11)7-10-5-14-15(4)9(10)3/h5-6,8H,7H2,1-4H3,(H,13,17). The van der Waals surface area contributed by atoms with Crippen molar-refractivity contribution in [2.24, 2.45) is 7.05 Å². The maximum Gasteiger partial charge on any atom is 0.177 e. The predicted molar refractivity (Wildman–Crippen MR) is 70.8 cm³/mol. The highest BCUT2D eigenvalue weighted by Gasteiger charge is 2.11. The van der Waals surface area contributed by atoms with E-state index in [0.29, 0.717) is 5.92 Å². The molecule has 0 aromatic carbocycles. The van der Waals surface area contributed by atoms with Crippen molar-refractivity contribution in [2.75, 3.05) is 0 Å². The van der Waals surface area contributed by atoms with Gasteiger partial charge in [-0.2, -0.15) is 5.10 Å². The van der Waals surface area contributed by atoms with E-state index in [1.807, 2.05) is 24.1 Å². The highest BCUT2D eigenvalue weighted by molar-refractivity contribution is 7.71. The van der Waals surface area contributed by atoms with Gasteiger partial charge in [0.25, 0.3) is 0 Å². The maximum absolute atomic E-state index is 5.32. The van der Waals surface area contributed by atoms with Gasteiger partial charge in [-0.1, -0.05) is 13.8 Å². The van der Waals surface area contributed by atoms with Crippen molar-refractivity contribution in [1.29, 1.82) is 0 Å². The Labute approximate surface area is 106 Å². The second-order valence-corrected chi connectivity index (χ2v) is 5.03. The number of imidazole rings is 1. The summed E-state index contributed by atoms with van der Waals surface area (Å²) in [5.41, 5.74) is 3.63. The minimum absolute atomic E-state index is 0.458. The Morgan fingerprint density at radius 3 is 2.71 bits per heavy atom. The summed E-state index contributed by atoms with van der Waals surface area (Å²) < 4.78 is 4.81. The molecule has 0 aliphatic rings. The van der Waals surface area contributed by atoms with Gasteiger partial charge in [0.1, 0.15) is 0 Å². The molecule has 92 valence electrons. The van der Waals surface area contributed by atoms with Crippen LogP contribution in [0.2, 0.25) is 0 Å². The average molecular weight is 250 g/mol. The van der Waals surface area contributed by atoms with Gasteiger partial charge in [-0.05, 0) is 25.1 Å². The topological polar surface area (TPSA) is 38.5 Å². The smallest absolute Gasteiger partial charge is 0.177 e. The lowest BCUT2D eigenvalue weighted by molar-refractivity contribution is 0.678. The number of H-pyrrole nitrogens is 1. The summed E-state index contributed by atoms with van der Waals surface area (Å²) in [6.45, 7) is 7.21. The maximum atomic E-state index is 5.32. The van der Waals surface area contributed by atoms with Crippen LogP contribution in [0.4, 0.5) is 0 Å². The molecule has 5 heteroatoms. The van der Waals surface area contributed by atoms with E-state index in [0.717, 1.165) is 11.3 Å². The van der Waals surface area contributed by atoms with Crippen molar-refractivity contribution >= 4 is 12.2 Å². The van der Waals surface area contributed by atoms with Crippen LogP contribution in [0.5, 0.6) is 0 Å². The van der Waals surface area contributed by atoms with E-state index in [9.17, 15) is 0 Å². The Morgan fingerprint density at radius 2 is 2.18 bits per heavy atom. The molecule has 0 saturated heterocycles. The lowest BCUT2D eigenvalue weighted by Gasteiger charge is -2.10. The van der Waals surface area contributed by atoms with Crippen LogP contribution in [0.1, 0.15) is 36.7 Å². The first-order valence-corrected chi connectivity index (χ1v) is 6.17. The zero-order chi connectivity index (χ0) is 12.6. The fourth-order valence-electron chi connectivity index (χ4n) is 1.92. The zero-order valence-electron chi connectivity index (χ0n) is 10.7. The highest BCUT2D eigenvalue weighted by atomic mass is 32.1. The van der Waals surface area contributed by atoms with Gasteiger partial charge in [-0.3, -0.25) is 4.68 Å². The van der Waals surface area contributed by atoms with Gasteiger partial charge in [0.2, 0.25) is 0 Å². The van der Waals surface area contributed by atoms with Crippen molar-refractivity contribution in [2.45, 2.75) is 33.2 Å². The number of aryl methyl sites for hydroxylation is 1. The fraction of sp³-hybridized carbons (Fsp3) is 0.500. The van der Waals surface area contributed by atoms with Crippen molar-refractivity contribution in [3.63, 3.8) is 0 Å². The Balaban J connectivity index is 2.39. The van der Waals surface area contributed by atoms with Gasteiger partial charge in [0, 0.05) is 30.2 Å². The molecule has 0 aliphatic heterocycles. The molecule has 0 amide bonds. The van der Waals surface area contributed by atoms with Crippen LogP contribution in [0, 0.1) is 11.7 Å². The molecule has 2 heterocycles. The lowest BCUT2D eigenvalue weighted by Crippen LogP contribution is -2.06. The van der Waals surface area contributed by atoms with Crippen molar-refractivity contribution in [3.8, 4) is 0 Å². The van der Waals surface area contributed by atoms with Crippen LogP contribution in [-0.4, -0.2) is 19.3 Å². The first-order valence-electron chi connectivity index (χ1n) is 5.76. The fourth-order valence-corrected chi connectivity index (χ4v) is 2.15. The molecular weight excluding hydrogens is 232 g/mol. The third-order valence-corrected chi connectivity index (χ3v) is 3.50. The molecule has 0 unspecified atom stereocenters. The zero-order valence-corrected chi connectivity index (χ0v) is 11.5. The summed E-state index contributed by atoms with van der Waals surface area (Å²) >= 11 is 5.32. The van der Waals surface area contributed by atoms with Gasteiger partial charge in [0.15, 0.2) is 4.77 Å². The van der Waals surface area contributed by atoms with Crippen LogP contribution in [0.25, 0.3) is 0 Å². The van der Waals surface area contributed by atoms with Crippen molar-refractivity contribution in [1.82, 2.24) is 19.3 Å². The summed E-state index contributed by atoms with van der Waals surface area (Å²) in [4.78, 5) is 3.12. The monoisotopic (exact) mass is 250 g/mol. The summed E-state index contributed by atoms with van der Waals surface area (Å²) in [6, 6.07) is 0. The van der Waals surface area contributed by atoms with Crippen LogP contribution in [-0.2, 0) is 13.6 Å². The van der Waals surface area contributed by atoms with Crippen LogP contribution in [0.3, 0.4) is 0 Å². The Bertz CT molecular complexity index is 574. The van der Waals surface area contributed by atoms with Gasteiger partial charge in [0.05, 0.1) is 12.7 Å². The molecule has 0 bridgehead atoms. The van der Waals surface area contributed by atoms with Gasteiger partial charge < -0.3 is 9.55 Å². The van der Waals surface area contributed by atoms with Gasteiger partial charge in [-0.15, -0.1) is 0 Å². The SMILES string of the molecule is Cc1c(Cn2c(C(C)C)c[nH]c2=S)cnn1C. The number of rotatable bonds is 3. The molecule has 0 aliphatic carbocycles. The molecule has 4 nitrogen and oxygen atoms in total. The highest BCUT2D eigenvalue weighted by Crippen LogP contribution is 2.17. The third-order valence-electron chi connectivity index (χ3n) is 3.16. The minimum Gasteiger partial charge on any atom is -0.337 e. The predicted octanol–water partition coefficient (Wildman–Crippen LogP) is 2.76. The van der Waals surface area contributed by atoms with E-state index in [4.69, 9.17) is 12.2 Å². The number of nitrogens with one attached hydrogen (secondary N) is 1. The van der Waals surface area contributed by atoms with E-state index in [2.05, 4.69) is 35.4 Å². The van der Waals surface area contributed by atoms with Crippen LogP contribution < -0.4 is 0 Å². The van der Waals surface area contributed by atoms with E-state index in [1.165, 1.54) is 17.0 Å². The molecular formula is C12H18N4S. The first kappa shape index (κ1) is 12.1. The molecule has 0 atom stereocenters. The van der Waals surface area contributed by atoms with E-state index < -0.39 is 0 Å². The van der Waals surface area contributed by atoms with E-state index in [1.54, 1.807) is 0 Å². The second-order valence-electron chi connectivity index (χ2n) is 4.64. The summed E-state index contributed by atoms with van der Waals surface area (Å²) in [6.07, 6.45) is 3.91. The Morgan fingerprint density at radius 1 is 1.47 bits per heavy atom. The molecule has 1 N–H and O–H groups in total. The van der Waals surface area contributed by atoms with Crippen LogP contribution >= 0.6 is 12.2 Å². The molecule has 2 rings (SSSR count). The molecule has 0 fully saturated rings. The molecule has 2 aromatic heterocycles. The molecule has 0 spiro atoms. The van der Waals surface area contributed by atoms with Gasteiger partial charge >= 0.3 is 0 Å². The van der Waals surface area contributed by atoms with E-state index >= 15 is 0 Å². The number of hydrogen-bond acceptors (Lipinski definition) is 2. The summed E-state index contributed by atoms with van der Waals surface area (Å²) in [5.74, 6) is 0.458. The second kappa shape index (κ2) is 4.49. The third kappa shape index (κ3) is 2.20. The van der Waals surface area contributed by atoms with Crippen LogP contribution in [0.15, 0.2) is 12.4 Å². The average Bonchev–Trinajstić information content (AvgIpc) is 2.78. The lowest BCUT2D eigenvalue weighted by atomic mass is 10.1. The minimum atomic E-state index is 0.458. The number of aromatic amines is 1. The first-order chi connectivity index (χ1) is 8.00. The number of hydrogen-bond donors (Lipinski definition) is 1.